The standard InChI is InChI=1S/C18H20N2/c19-16-9-6-13(7-10-16)15-8-11-18(20)17(12-15)14-4-2-1-3-5-14/h4,6-12H,1-3,5,19-20H2. The molecule has 0 aromatic heterocycles. The molecule has 0 saturated heterocycles. The summed E-state index contributed by atoms with van der Waals surface area (Å²) < 4.78 is 0. The zero-order chi connectivity index (χ0) is 13.9. The lowest BCUT2D eigenvalue weighted by Gasteiger charge is -2.16. The molecule has 0 atom stereocenters. The van der Waals surface area contributed by atoms with Gasteiger partial charge in [0.05, 0.1) is 0 Å². The Bertz CT molecular complexity index is 639. The van der Waals surface area contributed by atoms with Gasteiger partial charge in [0.2, 0.25) is 0 Å². The van der Waals surface area contributed by atoms with Gasteiger partial charge in [0.25, 0.3) is 0 Å². The Balaban J connectivity index is 2.01. The Hall–Kier alpha value is -2.22. The van der Waals surface area contributed by atoms with E-state index in [9.17, 15) is 0 Å². The van der Waals surface area contributed by atoms with Gasteiger partial charge in [0, 0.05) is 16.9 Å². The molecule has 0 fully saturated rings. The molecular weight excluding hydrogens is 244 g/mol. The Kier molecular flexibility index (Phi) is 3.46. The summed E-state index contributed by atoms with van der Waals surface area (Å²) >= 11 is 0. The summed E-state index contributed by atoms with van der Waals surface area (Å²) in [5.41, 5.74) is 18.5. The first-order valence-corrected chi connectivity index (χ1v) is 7.19. The Morgan fingerprint density at radius 3 is 2.25 bits per heavy atom. The Morgan fingerprint density at radius 2 is 1.55 bits per heavy atom. The molecule has 0 bridgehead atoms. The van der Waals surface area contributed by atoms with E-state index in [0.29, 0.717) is 0 Å². The lowest BCUT2D eigenvalue weighted by molar-refractivity contribution is 0.742. The summed E-state index contributed by atoms with van der Waals surface area (Å²) in [7, 11) is 0. The van der Waals surface area contributed by atoms with Gasteiger partial charge in [-0.3, -0.25) is 0 Å². The van der Waals surface area contributed by atoms with Crippen LogP contribution < -0.4 is 11.5 Å². The lowest BCUT2D eigenvalue weighted by atomic mass is 9.90. The maximum Gasteiger partial charge on any atom is 0.0390 e. The summed E-state index contributed by atoms with van der Waals surface area (Å²) in [6, 6.07) is 14.3. The van der Waals surface area contributed by atoms with Crippen LogP contribution in [0.4, 0.5) is 11.4 Å². The van der Waals surface area contributed by atoms with Crippen molar-refractivity contribution in [3.63, 3.8) is 0 Å². The highest BCUT2D eigenvalue weighted by Crippen LogP contribution is 2.33. The molecule has 0 radical (unpaired) electrons. The summed E-state index contributed by atoms with van der Waals surface area (Å²) in [5.74, 6) is 0. The fraction of sp³-hybridized carbons (Fsp3) is 0.222. The number of hydrogen-bond acceptors (Lipinski definition) is 2. The van der Waals surface area contributed by atoms with Gasteiger partial charge in [-0.2, -0.15) is 0 Å². The molecule has 0 saturated carbocycles. The van der Waals surface area contributed by atoms with Crippen molar-refractivity contribution in [2.75, 3.05) is 11.5 Å². The minimum atomic E-state index is 0.791. The van der Waals surface area contributed by atoms with E-state index in [1.165, 1.54) is 41.5 Å². The van der Waals surface area contributed by atoms with Gasteiger partial charge in [-0.1, -0.05) is 24.3 Å². The second-order valence-electron chi connectivity index (χ2n) is 5.40. The quantitative estimate of drug-likeness (QED) is 0.786. The van der Waals surface area contributed by atoms with E-state index in [0.717, 1.165) is 17.8 Å². The zero-order valence-electron chi connectivity index (χ0n) is 11.6. The second-order valence-corrected chi connectivity index (χ2v) is 5.40. The molecule has 4 N–H and O–H groups in total. The molecule has 2 nitrogen and oxygen atoms in total. The van der Waals surface area contributed by atoms with Crippen molar-refractivity contribution in [1.82, 2.24) is 0 Å². The van der Waals surface area contributed by atoms with E-state index >= 15 is 0 Å². The molecule has 0 spiro atoms. The van der Waals surface area contributed by atoms with Gasteiger partial charge >= 0.3 is 0 Å². The number of benzene rings is 2. The third-order valence-corrected chi connectivity index (χ3v) is 3.93. The topological polar surface area (TPSA) is 52.0 Å². The first-order chi connectivity index (χ1) is 9.74. The largest absolute Gasteiger partial charge is 0.399 e. The molecule has 1 aliphatic carbocycles. The lowest BCUT2D eigenvalue weighted by Crippen LogP contribution is -1.98. The van der Waals surface area contributed by atoms with Crippen molar-refractivity contribution >= 4 is 16.9 Å². The summed E-state index contributed by atoms with van der Waals surface area (Å²) in [6.07, 6.45) is 7.19. The minimum absolute atomic E-state index is 0.791. The predicted octanol–water partition coefficient (Wildman–Crippen LogP) is 4.48. The van der Waals surface area contributed by atoms with Gasteiger partial charge in [-0.15, -0.1) is 0 Å². The maximum absolute atomic E-state index is 6.16. The van der Waals surface area contributed by atoms with Crippen molar-refractivity contribution in [3.05, 3.63) is 54.1 Å². The molecule has 2 aromatic rings. The Labute approximate surface area is 120 Å². The van der Waals surface area contributed by atoms with E-state index in [1.54, 1.807) is 0 Å². The van der Waals surface area contributed by atoms with E-state index in [2.05, 4.69) is 30.3 Å². The van der Waals surface area contributed by atoms with Gasteiger partial charge in [-0.05, 0) is 66.6 Å². The highest BCUT2D eigenvalue weighted by molar-refractivity contribution is 5.80. The summed E-state index contributed by atoms with van der Waals surface area (Å²) in [5, 5.41) is 0. The molecule has 0 heterocycles. The van der Waals surface area contributed by atoms with Crippen molar-refractivity contribution in [3.8, 4) is 11.1 Å². The van der Waals surface area contributed by atoms with Crippen LogP contribution in [0.15, 0.2) is 48.5 Å². The van der Waals surface area contributed by atoms with Crippen molar-refractivity contribution in [2.24, 2.45) is 0 Å². The SMILES string of the molecule is Nc1ccc(-c2ccc(N)c(C3=CCCCC3)c2)cc1. The van der Waals surface area contributed by atoms with Crippen LogP contribution in [0.25, 0.3) is 16.7 Å². The number of anilines is 2. The van der Waals surface area contributed by atoms with Crippen LogP contribution in [0.5, 0.6) is 0 Å². The fourth-order valence-electron chi connectivity index (χ4n) is 2.77. The number of nitrogens with two attached hydrogens (primary N) is 2. The van der Waals surface area contributed by atoms with Crippen LogP contribution in [0.3, 0.4) is 0 Å². The van der Waals surface area contributed by atoms with Crippen LogP contribution >= 0.6 is 0 Å². The average Bonchev–Trinajstić information content (AvgIpc) is 2.50. The fourth-order valence-corrected chi connectivity index (χ4v) is 2.77. The average molecular weight is 264 g/mol. The molecular formula is C18H20N2. The van der Waals surface area contributed by atoms with Gasteiger partial charge in [0.15, 0.2) is 0 Å². The smallest absolute Gasteiger partial charge is 0.0390 e. The van der Waals surface area contributed by atoms with Crippen LogP contribution in [0.2, 0.25) is 0 Å². The van der Waals surface area contributed by atoms with Crippen molar-refractivity contribution in [1.29, 1.82) is 0 Å². The molecule has 2 aromatic carbocycles. The van der Waals surface area contributed by atoms with E-state index in [1.807, 2.05) is 18.2 Å². The normalized spacial score (nSPS) is 14.9. The second kappa shape index (κ2) is 5.41. The molecule has 3 rings (SSSR count). The van der Waals surface area contributed by atoms with Gasteiger partial charge in [0.1, 0.15) is 0 Å². The minimum Gasteiger partial charge on any atom is -0.399 e. The van der Waals surface area contributed by atoms with Crippen LogP contribution in [-0.4, -0.2) is 0 Å². The molecule has 20 heavy (non-hydrogen) atoms. The summed E-state index contributed by atoms with van der Waals surface area (Å²) in [6.45, 7) is 0. The van der Waals surface area contributed by atoms with Crippen LogP contribution in [0.1, 0.15) is 31.2 Å². The Morgan fingerprint density at radius 1 is 0.800 bits per heavy atom. The number of allylic oxidation sites excluding steroid dienone is 2. The molecule has 0 unspecified atom stereocenters. The number of hydrogen-bond donors (Lipinski definition) is 2. The third kappa shape index (κ3) is 2.55. The number of nitrogen functional groups attached to an aromatic ring is 2. The van der Waals surface area contributed by atoms with Crippen molar-refractivity contribution in [2.45, 2.75) is 25.7 Å². The van der Waals surface area contributed by atoms with E-state index in [4.69, 9.17) is 11.5 Å². The highest BCUT2D eigenvalue weighted by Gasteiger charge is 2.10. The van der Waals surface area contributed by atoms with Gasteiger partial charge < -0.3 is 11.5 Å². The van der Waals surface area contributed by atoms with Crippen LogP contribution in [0, 0.1) is 0 Å². The van der Waals surface area contributed by atoms with Crippen molar-refractivity contribution < 1.29 is 0 Å². The molecule has 102 valence electrons. The zero-order valence-corrected chi connectivity index (χ0v) is 11.6. The predicted molar refractivity (Wildman–Crippen MR) is 87.1 cm³/mol. The monoisotopic (exact) mass is 264 g/mol. The highest BCUT2D eigenvalue weighted by atomic mass is 14.6. The van der Waals surface area contributed by atoms with Gasteiger partial charge in [-0.25, -0.2) is 0 Å². The number of rotatable bonds is 2. The first kappa shape index (κ1) is 12.8. The molecule has 2 heteroatoms. The molecule has 0 amide bonds. The first-order valence-electron chi connectivity index (χ1n) is 7.19. The molecule has 0 aliphatic heterocycles. The van der Waals surface area contributed by atoms with E-state index < -0.39 is 0 Å². The van der Waals surface area contributed by atoms with Crippen LogP contribution in [-0.2, 0) is 0 Å². The summed E-state index contributed by atoms with van der Waals surface area (Å²) in [4.78, 5) is 0. The van der Waals surface area contributed by atoms with E-state index in [-0.39, 0.29) is 0 Å². The molecule has 1 aliphatic rings. The third-order valence-electron chi connectivity index (χ3n) is 3.93. The maximum atomic E-state index is 6.16.